The third-order valence-electron chi connectivity index (χ3n) is 19.7. The number of carbonyl (C=O) groups excluding carboxylic acids is 2. The van der Waals surface area contributed by atoms with Gasteiger partial charge in [0, 0.05) is 57.9 Å². The first-order valence-electron chi connectivity index (χ1n) is 37.2. The van der Waals surface area contributed by atoms with Crippen LogP contribution in [0.4, 0.5) is 0 Å². The molecule has 112 heavy (non-hydrogen) atoms. The molecule has 0 bridgehead atoms. The van der Waals surface area contributed by atoms with Crippen molar-refractivity contribution in [2.75, 3.05) is 105 Å². The smallest absolute Gasteiger partial charge is 0.222 e. The standard InChI is InChI=1S/C17H28N3O4P.C16H26N3O4P.2C15H26N3O2P.C14H23BrN3O2P/c1-11-18-14(19-12(2)21)7-9-20(11)17-16(23-3)15(22)13(24-17)8-10-25(4,5)6;1-10-17-13(18-11(2)20)6-8-19(10)16-15(22)14(21)12(23-16)7-9-24(3,4)5;1-10-14(19)12(7-9-21(3,4)5)20-15(10)18-8-6-13(16)17-11(18)2;1-10-17-13(16)5-7-18(10)12-9-11(14(19)15(12)20)6-8-21(2,3)4;1-9-17-11(16)5-7-18(9)14-12(15)13(19)10(20-14)6-8-21(2,3)4/h7,9,13,15-17,22H,1,4,8,10H2,2-3,5-6H3,(H,18,19,21);6,8,12,14-16,21-22H,1,3,7,9H2,2,4-5H3,(H,17,18,20);6,8,10,12,14-15,19H,2-3,7,9H2,1,4-5H3,(H2,16,17);5,7,11-12,14-15,19-20H,1-2,6,8-9H2,3-4H3,(H2,16,17);5,7,10,12-14,19H,1-2,6,8H2,3-4H3,(H2,16,17)/t13-,15-,16-,17-;12-,14-,15-,16-;10-,12-,14+,15-;11-,12+,14+,15-;10-,12-,13-,14-/m11101/s1. The predicted octanol–water partition coefficient (Wildman–Crippen LogP) is 5.30. The Bertz CT molecular complexity index is 3780. The van der Waals surface area contributed by atoms with Crippen LogP contribution < -0.4 is 27.8 Å². The molecule has 35 heteroatoms. The van der Waals surface area contributed by atoms with Crippen LogP contribution in [-0.4, -0.2) is 346 Å². The van der Waals surface area contributed by atoms with Gasteiger partial charge in [0.2, 0.25) is 11.8 Å². The lowest BCUT2D eigenvalue weighted by molar-refractivity contribution is -0.118. The van der Waals surface area contributed by atoms with E-state index in [1.165, 1.54) is 13.8 Å². The van der Waals surface area contributed by atoms with Crippen molar-refractivity contribution in [1.82, 2.24) is 35.1 Å². The topological polar surface area (TPSA) is 402 Å². The van der Waals surface area contributed by atoms with Gasteiger partial charge in [-0.15, -0.1) is 65.9 Å². The molecule has 9 aliphatic heterocycles. The molecule has 1 saturated carbocycles. The highest BCUT2D eigenvalue weighted by atomic mass is 79.9. The van der Waals surface area contributed by atoms with Gasteiger partial charge in [-0.3, -0.25) is 9.59 Å². The zero-order chi connectivity index (χ0) is 84.2. The number of aliphatic hydroxyl groups is 7. The second kappa shape index (κ2) is 40.6. The average Bonchev–Trinajstić information content (AvgIpc) is 1.67. The molecule has 15 N–H and O–H groups in total. The van der Waals surface area contributed by atoms with Gasteiger partial charge in [0.1, 0.15) is 95.0 Å². The molecular formula is C77H129BrN15O14P5. The van der Waals surface area contributed by atoms with Gasteiger partial charge in [0.05, 0.1) is 53.6 Å². The first kappa shape index (κ1) is 95.4. The maximum Gasteiger partial charge on any atom is 0.222 e. The summed E-state index contributed by atoms with van der Waals surface area (Å²) in [4.78, 5) is 51.6. The van der Waals surface area contributed by atoms with Gasteiger partial charge >= 0.3 is 0 Å². The van der Waals surface area contributed by atoms with Crippen molar-refractivity contribution in [2.24, 2.45) is 54.0 Å². The van der Waals surface area contributed by atoms with Crippen molar-refractivity contribution >= 4 is 123 Å². The van der Waals surface area contributed by atoms with Crippen LogP contribution in [0, 0.1) is 11.8 Å². The highest BCUT2D eigenvalue weighted by molar-refractivity contribution is 9.09. The summed E-state index contributed by atoms with van der Waals surface area (Å²) in [6.45, 7) is 40.1. The maximum atomic E-state index is 11.1. The fourth-order valence-electron chi connectivity index (χ4n) is 13.5. The van der Waals surface area contributed by atoms with Gasteiger partial charge in [-0.05, 0) is 172 Å². The van der Waals surface area contributed by atoms with E-state index in [1.807, 2.05) is 22.9 Å². The van der Waals surface area contributed by atoms with E-state index in [-0.39, 0.29) is 65.3 Å². The van der Waals surface area contributed by atoms with Crippen LogP contribution in [0.1, 0.15) is 59.3 Å². The summed E-state index contributed by atoms with van der Waals surface area (Å²) in [7, 11) is 1.55. The minimum absolute atomic E-state index is 0.0165. The monoisotopic (exact) mass is 1720 g/mol. The zero-order valence-corrected chi connectivity index (χ0v) is 74.0. The number of hydrogen-bond donors (Lipinski definition) is 12. The van der Waals surface area contributed by atoms with Crippen molar-refractivity contribution in [3.05, 3.63) is 123 Å². The SMILES string of the molecule is C=C1N=C(N)C=CN1[C@@H]1C[C@H](CCP(=C)(C)C)[C@@H](O)[C@H]1O.C=C1N=C(N)C=CN1[C@@H]1O[C@H](CCP(=C)(C)C)[C@@H](O)[C@H]1Br.C=C1N=C(N)C=CN1[C@@H]1O[C@H](CCP(=C)(C)C)[C@@H](O)[C@H]1C.C=C1N=C(NC(C)=O)C=CN1[C@@H]1O[C@H](CCP(=C)(C)C)[C@@H](O)[C@H]1O.C=C1N=C(NC(C)=O)C=CN1[C@@H]1O[C@H](CCP(=C)(C)C)[C@@H](O)[C@H]1OC. The van der Waals surface area contributed by atoms with E-state index >= 15 is 0 Å². The van der Waals surface area contributed by atoms with Crippen LogP contribution in [0.15, 0.2) is 148 Å². The number of halogens is 1. The molecule has 4 saturated heterocycles. The van der Waals surface area contributed by atoms with Gasteiger partial charge < -0.3 is 112 Å². The van der Waals surface area contributed by atoms with E-state index in [0.29, 0.717) is 64.7 Å². The summed E-state index contributed by atoms with van der Waals surface area (Å²) < 4.78 is 29.5. The van der Waals surface area contributed by atoms with E-state index in [4.69, 9.17) is 40.9 Å². The Kier molecular flexibility index (Phi) is 34.6. The molecule has 628 valence electrons. The molecular weight excluding hydrogens is 1590 g/mol. The van der Waals surface area contributed by atoms with E-state index in [0.717, 1.165) is 62.9 Å². The van der Waals surface area contributed by atoms with Crippen LogP contribution in [-0.2, 0) is 33.3 Å². The number of amides is 2. The second-order valence-corrected chi connectivity index (χ2v) is 55.8. The molecule has 9 heterocycles. The predicted molar refractivity (Wildman–Crippen MR) is 476 cm³/mol. The molecule has 10 aliphatic rings. The average molecular weight is 1720 g/mol. The number of nitrogens with one attached hydrogen (secondary N) is 2. The third-order valence-corrected chi connectivity index (χ3v) is 28.0. The number of nitrogens with two attached hydrogens (primary N) is 3. The molecule has 29 nitrogen and oxygen atoms in total. The van der Waals surface area contributed by atoms with Gasteiger partial charge in [0.25, 0.3) is 0 Å². The number of aliphatic imine (C=N–C) groups is 5. The first-order chi connectivity index (χ1) is 51.8. The molecule has 1 aliphatic carbocycles. The lowest BCUT2D eigenvalue weighted by Gasteiger charge is -2.32. The van der Waals surface area contributed by atoms with Crippen LogP contribution >= 0.6 is 50.4 Å². The Labute approximate surface area is 673 Å². The molecule has 0 aromatic heterocycles. The van der Waals surface area contributed by atoms with E-state index in [2.05, 4.69) is 183 Å². The van der Waals surface area contributed by atoms with Gasteiger partial charge in [-0.25, -0.2) is 25.0 Å². The minimum Gasteiger partial charge on any atom is -0.390 e. The second-order valence-electron chi connectivity index (χ2n) is 33.2. The number of alkyl halides is 1. The number of amidine groups is 5. The molecule has 10 rings (SSSR count). The van der Waals surface area contributed by atoms with Gasteiger partial charge in [0.15, 0.2) is 18.7 Å². The number of carbonyl (C=O) groups is 2. The van der Waals surface area contributed by atoms with Crippen molar-refractivity contribution < 1.29 is 69.0 Å². The van der Waals surface area contributed by atoms with Crippen LogP contribution in [0.2, 0.25) is 0 Å². The fraction of sp³-hybridized carbons (Fsp3) is 0.584. The largest absolute Gasteiger partial charge is 0.390 e. The van der Waals surface area contributed by atoms with Crippen molar-refractivity contribution in [3.63, 3.8) is 0 Å². The van der Waals surface area contributed by atoms with E-state index < -0.39 is 102 Å². The van der Waals surface area contributed by atoms with E-state index in [9.17, 15) is 45.3 Å². The van der Waals surface area contributed by atoms with Crippen molar-refractivity contribution in [3.8, 4) is 0 Å². The number of nitrogens with zero attached hydrogens (tertiary/aromatic N) is 10. The Morgan fingerprint density at radius 1 is 0.455 bits per heavy atom. The quantitative estimate of drug-likeness (QED) is 0.0512. The number of rotatable bonds is 21. The maximum absolute atomic E-state index is 11.1. The van der Waals surface area contributed by atoms with Crippen LogP contribution in [0.25, 0.3) is 0 Å². The number of aliphatic hydroxyl groups excluding tert-OH is 7. The molecule has 0 aromatic carbocycles. The van der Waals surface area contributed by atoms with Gasteiger partial charge in [-0.2, -0.15) is 0 Å². The molecule has 0 spiro atoms. The third kappa shape index (κ3) is 28.2. The summed E-state index contributed by atoms with van der Waals surface area (Å²) in [6.07, 6.45) is 38.7. The Hall–Kier alpha value is -5.41. The molecule has 5 fully saturated rings. The molecule has 0 aromatic rings. The Balaban J connectivity index is 0.000000219. The summed E-state index contributed by atoms with van der Waals surface area (Å²) in [5.74, 6) is 4.00. The summed E-state index contributed by atoms with van der Waals surface area (Å²) in [5, 5.41) is 77.8. The normalized spacial score (nSPS) is 32.0. The number of ether oxygens (including phenoxy) is 5. The van der Waals surface area contributed by atoms with Crippen LogP contribution in [0.5, 0.6) is 0 Å². The Morgan fingerprint density at radius 3 is 1.17 bits per heavy atom. The summed E-state index contributed by atoms with van der Waals surface area (Å²) in [5.41, 5.74) is 16.9. The van der Waals surface area contributed by atoms with Crippen molar-refractivity contribution in [1.29, 1.82) is 0 Å². The highest BCUT2D eigenvalue weighted by Gasteiger charge is 2.50. The fourth-order valence-corrected chi connectivity index (χ4v) is 19.0. The summed E-state index contributed by atoms with van der Waals surface area (Å²) in [6, 6.07) is -0.197. The highest BCUT2D eigenvalue weighted by Crippen LogP contribution is 2.46. The molecule has 2 amide bonds. The number of methoxy groups -OCH3 is 1. The van der Waals surface area contributed by atoms with Crippen LogP contribution in [0.3, 0.4) is 0 Å². The lowest BCUT2D eigenvalue weighted by Crippen LogP contribution is -2.43. The van der Waals surface area contributed by atoms with E-state index in [1.54, 1.807) is 77.0 Å². The summed E-state index contributed by atoms with van der Waals surface area (Å²) >= 11 is 3.53. The first-order valence-corrected chi connectivity index (χ1v) is 53.4. The minimum atomic E-state index is -1.23. The molecule has 0 unspecified atom stereocenters. The molecule has 20 atom stereocenters. The zero-order valence-electron chi connectivity index (χ0n) is 68.0. The van der Waals surface area contributed by atoms with Crippen molar-refractivity contribution in [2.45, 2.75) is 168 Å². The number of hydrogen-bond acceptors (Lipinski definition) is 27. The Morgan fingerprint density at radius 2 is 0.777 bits per heavy atom. The molecule has 0 radical (unpaired) electrons. The van der Waals surface area contributed by atoms with Gasteiger partial charge in [-0.1, -0.05) is 55.7 Å². The lowest BCUT2D eigenvalue weighted by atomic mass is 10.00.